The summed E-state index contributed by atoms with van der Waals surface area (Å²) >= 11 is 0. The molecule has 0 fully saturated rings. The van der Waals surface area contributed by atoms with E-state index in [0.29, 0.717) is 16.9 Å². The second kappa shape index (κ2) is 4.19. The van der Waals surface area contributed by atoms with Gasteiger partial charge in [0.25, 0.3) is 0 Å². The van der Waals surface area contributed by atoms with E-state index in [1.165, 1.54) is 7.11 Å². The van der Waals surface area contributed by atoms with Crippen LogP contribution in [0.15, 0.2) is 18.2 Å². The zero-order valence-electron chi connectivity index (χ0n) is 11.5. The van der Waals surface area contributed by atoms with E-state index in [1.54, 1.807) is 18.2 Å². The summed E-state index contributed by atoms with van der Waals surface area (Å²) < 4.78 is 6.66. The topological polar surface area (TPSA) is 82.5 Å². The highest BCUT2D eigenvalue weighted by molar-refractivity contribution is 5.95. The highest BCUT2D eigenvalue weighted by atomic mass is 16.5. The van der Waals surface area contributed by atoms with Crippen LogP contribution in [0, 0.1) is 13.8 Å². The molecule has 3 aromatic rings. The molecule has 0 radical (unpaired) electrons. The summed E-state index contributed by atoms with van der Waals surface area (Å²) in [6.07, 6.45) is 0. The van der Waals surface area contributed by atoms with Crippen LogP contribution in [-0.4, -0.2) is 27.4 Å². The molecule has 0 spiro atoms. The highest BCUT2D eigenvalue weighted by Gasteiger charge is 2.14. The van der Waals surface area contributed by atoms with Crippen LogP contribution in [0.4, 0.5) is 5.82 Å². The Labute approximate surface area is 115 Å². The number of benzene rings is 1. The summed E-state index contributed by atoms with van der Waals surface area (Å²) in [5, 5.41) is 0. The van der Waals surface area contributed by atoms with Crippen LogP contribution in [0.1, 0.15) is 21.9 Å². The summed E-state index contributed by atoms with van der Waals surface area (Å²) in [6.45, 7) is 3.78. The van der Waals surface area contributed by atoms with Gasteiger partial charge in [-0.1, -0.05) is 0 Å². The van der Waals surface area contributed by atoms with Crippen LogP contribution in [0.3, 0.4) is 0 Å². The van der Waals surface area contributed by atoms with Crippen molar-refractivity contribution in [1.82, 2.24) is 14.4 Å². The lowest BCUT2D eigenvalue weighted by Gasteiger charge is -2.08. The van der Waals surface area contributed by atoms with Crippen molar-refractivity contribution in [2.75, 3.05) is 12.8 Å². The number of aryl methyl sites for hydroxylation is 2. The zero-order chi connectivity index (χ0) is 14.4. The molecule has 0 unspecified atom stereocenters. The lowest BCUT2D eigenvalue weighted by molar-refractivity contribution is 0.0601. The fourth-order valence-electron chi connectivity index (χ4n) is 2.49. The number of carbonyl (C=O) groups excluding carboxylic acids is 1. The molecule has 0 aliphatic carbocycles. The van der Waals surface area contributed by atoms with Crippen molar-refractivity contribution in [2.24, 2.45) is 0 Å². The Balaban J connectivity index is 2.47. The molecule has 0 aliphatic heterocycles. The molecule has 0 bridgehead atoms. The Morgan fingerprint density at radius 3 is 2.75 bits per heavy atom. The molecule has 2 aromatic heterocycles. The molecular weight excluding hydrogens is 256 g/mol. The predicted molar refractivity (Wildman–Crippen MR) is 75.7 cm³/mol. The Kier molecular flexibility index (Phi) is 2.60. The quantitative estimate of drug-likeness (QED) is 0.682. The summed E-state index contributed by atoms with van der Waals surface area (Å²) in [4.78, 5) is 20.4. The van der Waals surface area contributed by atoms with Crippen LogP contribution < -0.4 is 5.73 Å². The fraction of sp³-hybridized carbons (Fsp3) is 0.214. The number of nitrogens with two attached hydrogens (primary N) is 1. The number of anilines is 1. The highest BCUT2D eigenvalue weighted by Crippen LogP contribution is 2.25. The minimum Gasteiger partial charge on any atom is -0.465 e. The van der Waals surface area contributed by atoms with E-state index in [4.69, 9.17) is 10.5 Å². The third-order valence-corrected chi connectivity index (χ3v) is 3.34. The average molecular weight is 270 g/mol. The first-order valence-corrected chi connectivity index (χ1v) is 6.16. The van der Waals surface area contributed by atoms with Crippen molar-refractivity contribution in [3.05, 3.63) is 35.3 Å². The van der Waals surface area contributed by atoms with Crippen LogP contribution >= 0.6 is 0 Å². The molecule has 102 valence electrons. The van der Waals surface area contributed by atoms with Gasteiger partial charge in [-0.3, -0.25) is 4.40 Å². The van der Waals surface area contributed by atoms with Gasteiger partial charge in [0.1, 0.15) is 17.2 Å². The van der Waals surface area contributed by atoms with E-state index in [1.807, 2.05) is 18.2 Å². The molecule has 0 atom stereocenters. The van der Waals surface area contributed by atoms with Crippen molar-refractivity contribution in [2.45, 2.75) is 13.8 Å². The Bertz CT molecular complexity index is 851. The first-order valence-electron chi connectivity index (χ1n) is 6.16. The van der Waals surface area contributed by atoms with Crippen molar-refractivity contribution < 1.29 is 9.53 Å². The number of ether oxygens (including phenoxy) is 1. The van der Waals surface area contributed by atoms with Crippen LogP contribution in [0.2, 0.25) is 0 Å². The summed E-state index contributed by atoms with van der Waals surface area (Å²) in [5.74, 6) is 0.853. The maximum absolute atomic E-state index is 11.7. The number of fused-ring (bicyclic) bond motifs is 3. The van der Waals surface area contributed by atoms with Crippen LogP contribution in [0.25, 0.3) is 16.6 Å². The van der Waals surface area contributed by atoms with Gasteiger partial charge in [-0.15, -0.1) is 0 Å². The number of nitrogen functional groups attached to an aromatic ring is 1. The van der Waals surface area contributed by atoms with Crippen molar-refractivity contribution in [1.29, 1.82) is 0 Å². The van der Waals surface area contributed by atoms with Gasteiger partial charge < -0.3 is 10.5 Å². The van der Waals surface area contributed by atoms with Crippen LogP contribution in [0.5, 0.6) is 0 Å². The van der Waals surface area contributed by atoms with E-state index in [2.05, 4.69) is 9.97 Å². The van der Waals surface area contributed by atoms with Gasteiger partial charge in [0.15, 0.2) is 0 Å². The molecule has 0 aliphatic rings. The molecule has 2 N–H and O–H groups in total. The summed E-state index contributed by atoms with van der Waals surface area (Å²) in [6, 6.07) is 5.17. The maximum atomic E-state index is 11.7. The molecule has 0 amide bonds. The Morgan fingerprint density at radius 2 is 2.05 bits per heavy atom. The third kappa shape index (κ3) is 1.61. The average Bonchev–Trinajstić information content (AvgIpc) is 2.74. The van der Waals surface area contributed by atoms with E-state index in [9.17, 15) is 4.79 Å². The van der Waals surface area contributed by atoms with Gasteiger partial charge in [-0.05, 0) is 32.0 Å². The first kappa shape index (κ1) is 12.4. The maximum Gasteiger partial charge on any atom is 0.337 e. The molecule has 6 heteroatoms. The van der Waals surface area contributed by atoms with Gasteiger partial charge in [0, 0.05) is 0 Å². The smallest absolute Gasteiger partial charge is 0.337 e. The van der Waals surface area contributed by atoms with Gasteiger partial charge in [0.05, 0.1) is 29.4 Å². The van der Waals surface area contributed by atoms with Crippen molar-refractivity contribution in [3.63, 3.8) is 0 Å². The number of carbonyl (C=O) groups is 1. The van der Waals surface area contributed by atoms with E-state index >= 15 is 0 Å². The fourth-order valence-corrected chi connectivity index (χ4v) is 2.49. The largest absolute Gasteiger partial charge is 0.465 e. The molecule has 20 heavy (non-hydrogen) atoms. The number of nitrogens with zero attached hydrogens (tertiary/aromatic N) is 3. The van der Waals surface area contributed by atoms with Crippen LogP contribution in [-0.2, 0) is 4.74 Å². The van der Waals surface area contributed by atoms with Gasteiger partial charge >= 0.3 is 5.97 Å². The third-order valence-electron chi connectivity index (χ3n) is 3.34. The van der Waals surface area contributed by atoms with E-state index in [-0.39, 0.29) is 5.97 Å². The lowest BCUT2D eigenvalue weighted by atomic mass is 10.2. The summed E-state index contributed by atoms with van der Waals surface area (Å²) in [7, 11) is 1.36. The minimum atomic E-state index is -0.383. The second-order valence-corrected chi connectivity index (χ2v) is 4.62. The predicted octanol–water partition coefficient (Wildman–Crippen LogP) is 1.87. The standard InChI is InChI=1S/C14H14N4O2/c1-7-12-13(15)17-10-5-4-9(14(19)20-3)6-11(10)18(12)8(2)16-7/h4-6H,1-3H3,(H2,15,17). The summed E-state index contributed by atoms with van der Waals surface area (Å²) in [5.41, 5.74) is 9.56. The number of methoxy groups -OCH3 is 1. The Morgan fingerprint density at radius 1 is 1.30 bits per heavy atom. The number of imidazole rings is 1. The second-order valence-electron chi connectivity index (χ2n) is 4.62. The molecule has 2 heterocycles. The normalized spacial score (nSPS) is 11.2. The minimum absolute atomic E-state index is 0.383. The number of hydrogen-bond acceptors (Lipinski definition) is 5. The first-order chi connectivity index (χ1) is 9.52. The lowest BCUT2D eigenvalue weighted by Crippen LogP contribution is -2.04. The zero-order valence-corrected chi connectivity index (χ0v) is 11.5. The van der Waals surface area contributed by atoms with Gasteiger partial charge in [-0.25, -0.2) is 14.8 Å². The van der Waals surface area contributed by atoms with Gasteiger partial charge in [-0.2, -0.15) is 0 Å². The van der Waals surface area contributed by atoms with E-state index < -0.39 is 0 Å². The number of rotatable bonds is 1. The monoisotopic (exact) mass is 270 g/mol. The Hall–Kier alpha value is -2.63. The molecule has 1 aromatic carbocycles. The molecule has 3 rings (SSSR count). The molecule has 6 nitrogen and oxygen atoms in total. The van der Waals surface area contributed by atoms with Crippen molar-refractivity contribution in [3.8, 4) is 0 Å². The van der Waals surface area contributed by atoms with Gasteiger partial charge in [0.2, 0.25) is 0 Å². The number of esters is 1. The molecule has 0 saturated heterocycles. The van der Waals surface area contributed by atoms with Crippen molar-refractivity contribution >= 4 is 28.3 Å². The van der Waals surface area contributed by atoms with E-state index in [0.717, 1.165) is 22.6 Å². The SMILES string of the molecule is COC(=O)c1ccc2nc(N)c3c(C)nc(C)n3c2c1. The number of aromatic nitrogens is 3. The number of hydrogen-bond donors (Lipinski definition) is 1. The molecular formula is C14H14N4O2. The molecule has 0 saturated carbocycles.